The average molecular weight is 299 g/mol. The predicted octanol–water partition coefficient (Wildman–Crippen LogP) is 2.52. The van der Waals surface area contributed by atoms with E-state index in [1.807, 2.05) is 12.1 Å². The second-order valence-electron chi connectivity index (χ2n) is 4.46. The van der Waals surface area contributed by atoms with Gasteiger partial charge in [0.1, 0.15) is 0 Å². The van der Waals surface area contributed by atoms with E-state index in [1.54, 1.807) is 0 Å². The van der Waals surface area contributed by atoms with Gasteiger partial charge in [-0.25, -0.2) is 0 Å². The SMILES string of the molecule is CN(CC1CCCO1)c1cccc(Br)c1CN. The lowest BCUT2D eigenvalue weighted by molar-refractivity contribution is 0.116. The van der Waals surface area contributed by atoms with Crippen LogP contribution in [0.4, 0.5) is 5.69 Å². The molecule has 1 fully saturated rings. The molecule has 0 aliphatic carbocycles. The highest BCUT2D eigenvalue weighted by molar-refractivity contribution is 9.10. The molecule has 1 aliphatic rings. The first-order valence-corrected chi connectivity index (χ1v) is 6.82. The molecule has 1 aliphatic heterocycles. The van der Waals surface area contributed by atoms with Crippen molar-refractivity contribution in [1.29, 1.82) is 0 Å². The molecular weight excluding hydrogens is 280 g/mol. The zero-order valence-electron chi connectivity index (χ0n) is 10.2. The molecule has 1 aromatic carbocycles. The number of nitrogens with zero attached hydrogens (tertiary/aromatic N) is 1. The number of ether oxygens (including phenoxy) is 1. The number of hydrogen-bond acceptors (Lipinski definition) is 3. The first-order valence-electron chi connectivity index (χ1n) is 6.02. The molecule has 1 heterocycles. The van der Waals surface area contributed by atoms with Crippen molar-refractivity contribution in [3.05, 3.63) is 28.2 Å². The van der Waals surface area contributed by atoms with Crippen molar-refractivity contribution in [3.8, 4) is 0 Å². The topological polar surface area (TPSA) is 38.5 Å². The molecule has 2 rings (SSSR count). The van der Waals surface area contributed by atoms with Crippen molar-refractivity contribution < 1.29 is 4.74 Å². The zero-order chi connectivity index (χ0) is 12.3. The van der Waals surface area contributed by atoms with Gasteiger partial charge in [-0.15, -0.1) is 0 Å². The van der Waals surface area contributed by atoms with Gasteiger partial charge >= 0.3 is 0 Å². The van der Waals surface area contributed by atoms with Crippen molar-refractivity contribution in [2.24, 2.45) is 5.73 Å². The molecule has 0 radical (unpaired) electrons. The normalized spacial score (nSPS) is 19.6. The van der Waals surface area contributed by atoms with Crippen LogP contribution in [0.15, 0.2) is 22.7 Å². The maximum absolute atomic E-state index is 5.81. The van der Waals surface area contributed by atoms with E-state index in [2.05, 4.69) is 33.9 Å². The van der Waals surface area contributed by atoms with E-state index in [0.29, 0.717) is 12.6 Å². The Morgan fingerprint density at radius 2 is 2.35 bits per heavy atom. The van der Waals surface area contributed by atoms with E-state index in [1.165, 1.54) is 12.1 Å². The number of halogens is 1. The van der Waals surface area contributed by atoms with Crippen LogP contribution in [0.25, 0.3) is 0 Å². The summed E-state index contributed by atoms with van der Waals surface area (Å²) in [5.74, 6) is 0. The van der Waals surface area contributed by atoms with Crippen LogP contribution in [0, 0.1) is 0 Å². The fourth-order valence-electron chi connectivity index (χ4n) is 2.30. The second-order valence-corrected chi connectivity index (χ2v) is 5.31. The Hall–Kier alpha value is -0.580. The molecule has 1 saturated heterocycles. The van der Waals surface area contributed by atoms with E-state index in [-0.39, 0.29) is 0 Å². The monoisotopic (exact) mass is 298 g/mol. The lowest BCUT2D eigenvalue weighted by atomic mass is 10.1. The van der Waals surface area contributed by atoms with Crippen LogP contribution in [0.3, 0.4) is 0 Å². The third-order valence-electron chi connectivity index (χ3n) is 3.21. The highest BCUT2D eigenvalue weighted by Gasteiger charge is 2.19. The van der Waals surface area contributed by atoms with E-state index in [9.17, 15) is 0 Å². The molecule has 0 bridgehead atoms. The maximum atomic E-state index is 5.81. The molecule has 17 heavy (non-hydrogen) atoms. The quantitative estimate of drug-likeness (QED) is 0.928. The molecule has 1 aromatic rings. The summed E-state index contributed by atoms with van der Waals surface area (Å²) < 4.78 is 6.74. The predicted molar refractivity (Wildman–Crippen MR) is 74.3 cm³/mol. The minimum Gasteiger partial charge on any atom is -0.376 e. The standard InChI is InChI=1S/C13H19BrN2O/c1-16(9-10-4-3-7-17-10)13-6-2-5-12(14)11(13)8-15/h2,5-6,10H,3-4,7-9,15H2,1H3. The fraction of sp³-hybridized carbons (Fsp3) is 0.538. The van der Waals surface area contributed by atoms with Crippen LogP contribution in [0.5, 0.6) is 0 Å². The molecule has 94 valence electrons. The number of anilines is 1. The van der Waals surface area contributed by atoms with Gasteiger partial charge in [0.05, 0.1) is 6.10 Å². The summed E-state index contributed by atoms with van der Waals surface area (Å²) in [5.41, 5.74) is 8.16. The Bertz CT molecular complexity index is 378. The number of rotatable bonds is 4. The lowest BCUT2D eigenvalue weighted by Gasteiger charge is -2.25. The lowest BCUT2D eigenvalue weighted by Crippen LogP contribution is -2.29. The van der Waals surface area contributed by atoms with Crippen molar-refractivity contribution in [2.45, 2.75) is 25.5 Å². The molecule has 2 N–H and O–H groups in total. The van der Waals surface area contributed by atoms with Gasteiger partial charge < -0.3 is 15.4 Å². The first-order chi connectivity index (χ1) is 8.22. The van der Waals surface area contributed by atoms with Crippen LogP contribution in [0.2, 0.25) is 0 Å². The van der Waals surface area contributed by atoms with Gasteiger partial charge in [0, 0.05) is 42.5 Å². The van der Waals surface area contributed by atoms with Crippen molar-refractivity contribution in [3.63, 3.8) is 0 Å². The number of nitrogens with two attached hydrogens (primary N) is 1. The molecule has 0 amide bonds. The van der Waals surface area contributed by atoms with Gasteiger partial charge in [0.25, 0.3) is 0 Å². The van der Waals surface area contributed by atoms with Crippen molar-refractivity contribution in [2.75, 3.05) is 25.1 Å². The van der Waals surface area contributed by atoms with E-state index < -0.39 is 0 Å². The number of likely N-dealkylation sites (N-methyl/N-ethyl adjacent to an activating group) is 1. The van der Waals surface area contributed by atoms with Crippen LogP contribution in [0.1, 0.15) is 18.4 Å². The van der Waals surface area contributed by atoms with Gasteiger partial charge in [0.2, 0.25) is 0 Å². The summed E-state index contributed by atoms with van der Waals surface area (Å²) in [5, 5.41) is 0. The van der Waals surface area contributed by atoms with Gasteiger partial charge in [0.15, 0.2) is 0 Å². The highest BCUT2D eigenvalue weighted by Crippen LogP contribution is 2.27. The molecule has 1 unspecified atom stereocenters. The largest absolute Gasteiger partial charge is 0.376 e. The van der Waals surface area contributed by atoms with E-state index >= 15 is 0 Å². The van der Waals surface area contributed by atoms with Crippen LogP contribution >= 0.6 is 15.9 Å². The van der Waals surface area contributed by atoms with Gasteiger partial charge in [-0.1, -0.05) is 22.0 Å². The second kappa shape index (κ2) is 5.85. The molecule has 3 nitrogen and oxygen atoms in total. The van der Waals surface area contributed by atoms with Gasteiger partial charge in [-0.2, -0.15) is 0 Å². The highest BCUT2D eigenvalue weighted by atomic mass is 79.9. The van der Waals surface area contributed by atoms with E-state index in [0.717, 1.165) is 29.6 Å². The smallest absolute Gasteiger partial charge is 0.0750 e. The number of benzene rings is 1. The number of hydrogen-bond donors (Lipinski definition) is 1. The third-order valence-corrected chi connectivity index (χ3v) is 3.95. The Labute approximate surface area is 111 Å². The van der Waals surface area contributed by atoms with Crippen molar-refractivity contribution in [1.82, 2.24) is 0 Å². The Morgan fingerprint density at radius 3 is 3.00 bits per heavy atom. The Balaban J connectivity index is 2.12. The first kappa shape index (κ1) is 12.9. The Kier molecular flexibility index (Phi) is 4.42. The average Bonchev–Trinajstić information content (AvgIpc) is 2.81. The fourth-order valence-corrected chi connectivity index (χ4v) is 2.82. The molecule has 0 saturated carbocycles. The van der Waals surface area contributed by atoms with Crippen molar-refractivity contribution >= 4 is 21.6 Å². The summed E-state index contributed by atoms with van der Waals surface area (Å²) in [6, 6.07) is 6.19. The molecule has 0 aromatic heterocycles. The minimum absolute atomic E-state index is 0.365. The minimum atomic E-state index is 0.365. The van der Waals surface area contributed by atoms with Crippen LogP contribution < -0.4 is 10.6 Å². The third kappa shape index (κ3) is 3.00. The summed E-state index contributed by atoms with van der Waals surface area (Å²) in [7, 11) is 2.10. The summed E-state index contributed by atoms with van der Waals surface area (Å²) >= 11 is 3.55. The zero-order valence-corrected chi connectivity index (χ0v) is 11.7. The molecule has 1 atom stereocenters. The molecular formula is C13H19BrN2O. The van der Waals surface area contributed by atoms with Gasteiger partial charge in [-0.05, 0) is 25.0 Å². The molecule has 4 heteroatoms. The van der Waals surface area contributed by atoms with Gasteiger partial charge in [-0.3, -0.25) is 0 Å². The Morgan fingerprint density at radius 1 is 1.53 bits per heavy atom. The maximum Gasteiger partial charge on any atom is 0.0750 e. The summed E-state index contributed by atoms with van der Waals surface area (Å²) in [6.07, 6.45) is 2.71. The van der Waals surface area contributed by atoms with Crippen LogP contribution in [-0.4, -0.2) is 26.3 Å². The molecule has 0 spiro atoms. The summed E-state index contributed by atoms with van der Waals surface area (Å²) in [6.45, 7) is 2.39. The van der Waals surface area contributed by atoms with E-state index in [4.69, 9.17) is 10.5 Å². The summed E-state index contributed by atoms with van der Waals surface area (Å²) in [4.78, 5) is 2.24. The van der Waals surface area contributed by atoms with Crippen LogP contribution in [-0.2, 0) is 11.3 Å².